The summed E-state index contributed by atoms with van der Waals surface area (Å²) in [6.07, 6.45) is -3.93. The van der Waals surface area contributed by atoms with Crippen molar-refractivity contribution in [2.24, 2.45) is 0 Å². The van der Waals surface area contributed by atoms with Crippen LogP contribution in [0.25, 0.3) is 5.65 Å². The molecule has 2 aliphatic heterocycles. The molecule has 5 heterocycles. The summed E-state index contributed by atoms with van der Waals surface area (Å²) in [6, 6.07) is 7.16. The molecule has 0 radical (unpaired) electrons. The number of pyridine rings is 1. The van der Waals surface area contributed by atoms with E-state index in [1.54, 1.807) is 6.07 Å². The second-order valence-electron chi connectivity index (χ2n) is 7.34. The maximum Gasteiger partial charge on any atom is 0.453 e. The fourth-order valence-corrected chi connectivity index (χ4v) is 3.87. The van der Waals surface area contributed by atoms with E-state index in [1.807, 2.05) is 15.9 Å². The van der Waals surface area contributed by atoms with Gasteiger partial charge in [-0.3, -0.25) is 0 Å². The van der Waals surface area contributed by atoms with Crippen molar-refractivity contribution >= 4 is 17.3 Å². The van der Waals surface area contributed by atoms with Crippen molar-refractivity contribution < 1.29 is 17.9 Å². The normalized spacial score (nSPS) is 17.0. The Bertz CT molecular complexity index is 1180. The van der Waals surface area contributed by atoms with Crippen molar-refractivity contribution in [1.29, 1.82) is 5.26 Å². The molecule has 0 N–H and O–H groups in total. The first-order valence-corrected chi connectivity index (χ1v) is 9.74. The molecular weight excluding hydrogens is 413 g/mol. The van der Waals surface area contributed by atoms with E-state index in [2.05, 4.69) is 21.4 Å². The second-order valence-corrected chi connectivity index (χ2v) is 7.34. The molecule has 9 nitrogen and oxygen atoms in total. The van der Waals surface area contributed by atoms with Gasteiger partial charge in [-0.25, -0.2) is 4.98 Å². The van der Waals surface area contributed by atoms with E-state index in [-0.39, 0.29) is 5.65 Å². The first kappa shape index (κ1) is 19.5. The van der Waals surface area contributed by atoms with Gasteiger partial charge >= 0.3 is 6.18 Å². The quantitative estimate of drug-likeness (QED) is 0.608. The highest BCUT2D eigenvalue weighted by Crippen LogP contribution is 2.29. The third-order valence-electron chi connectivity index (χ3n) is 5.44. The fraction of sp³-hybridized carbons (Fsp3) is 0.421. The summed E-state index contributed by atoms with van der Waals surface area (Å²) in [4.78, 5) is 8.65. The van der Waals surface area contributed by atoms with Crippen LogP contribution in [0, 0.1) is 11.3 Å². The van der Waals surface area contributed by atoms with Crippen molar-refractivity contribution in [3.8, 4) is 6.07 Å². The van der Waals surface area contributed by atoms with Gasteiger partial charge in [0, 0.05) is 38.2 Å². The largest absolute Gasteiger partial charge is 0.453 e. The second kappa shape index (κ2) is 7.35. The molecule has 12 heteroatoms. The average Bonchev–Trinajstić information content (AvgIpc) is 3.22. The molecule has 0 unspecified atom stereocenters. The molecule has 31 heavy (non-hydrogen) atoms. The lowest BCUT2D eigenvalue weighted by atomic mass is 10.1. The summed E-state index contributed by atoms with van der Waals surface area (Å²) in [5.74, 6) is -0.0956. The third-order valence-corrected chi connectivity index (χ3v) is 5.44. The van der Waals surface area contributed by atoms with E-state index >= 15 is 0 Å². The smallest absolute Gasteiger partial charge is 0.376 e. The Morgan fingerprint density at radius 1 is 1.06 bits per heavy atom. The van der Waals surface area contributed by atoms with E-state index in [0.29, 0.717) is 63.0 Å². The van der Waals surface area contributed by atoms with Gasteiger partial charge in [0.05, 0.1) is 24.5 Å². The number of rotatable bonds is 2. The summed E-state index contributed by atoms with van der Waals surface area (Å²) in [5, 5.41) is 20.4. The van der Waals surface area contributed by atoms with Gasteiger partial charge in [-0.05, 0) is 18.2 Å². The Morgan fingerprint density at radius 2 is 1.84 bits per heavy atom. The van der Waals surface area contributed by atoms with Gasteiger partial charge in [-0.1, -0.05) is 0 Å². The number of anilines is 2. The lowest BCUT2D eigenvalue weighted by Crippen LogP contribution is -2.47. The average molecular weight is 430 g/mol. The number of hydrogen-bond donors (Lipinski definition) is 0. The van der Waals surface area contributed by atoms with Crippen molar-refractivity contribution in [2.75, 3.05) is 42.6 Å². The van der Waals surface area contributed by atoms with E-state index in [4.69, 9.17) is 9.72 Å². The van der Waals surface area contributed by atoms with E-state index in [9.17, 15) is 18.4 Å². The molecule has 3 aromatic heterocycles. The van der Waals surface area contributed by atoms with E-state index in [0.717, 1.165) is 15.8 Å². The number of alkyl halides is 3. The number of hydrogen-bond acceptors (Lipinski definition) is 8. The zero-order valence-corrected chi connectivity index (χ0v) is 16.3. The minimum absolute atomic E-state index is 0.0376. The van der Waals surface area contributed by atoms with Crippen LogP contribution >= 0.6 is 0 Å². The molecule has 0 bridgehead atoms. The first-order chi connectivity index (χ1) is 14.9. The van der Waals surface area contributed by atoms with Gasteiger partial charge in [0.2, 0.25) is 0 Å². The number of piperazine rings is 1. The van der Waals surface area contributed by atoms with Gasteiger partial charge in [0.15, 0.2) is 5.65 Å². The van der Waals surface area contributed by atoms with Crippen LogP contribution in [0.3, 0.4) is 0 Å². The van der Waals surface area contributed by atoms with E-state index in [1.165, 1.54) is 6.07 Å². The Kier molecular flexibility index (Phi) is 4.62. The zero-order chi connectivity index (χ0) is 21.6. The Labute approximate surface area is 174 Å². The van der Waals surface area contributed by atoms with Crippen molar-refractivity contribution in [1.82, 2.24) is 24.8 Å². The highest BCUT2D eigenvalue weighted by molar-refractivity contribution is 5.57. The van der Waals surface area contributed by atoms with Gasteiger partial charge < -0.3 is 14.5 Å². The molecule has 5 rings (SSSR count). The molecule has 2 aliphatic rings. The maximum absolute atomic E-state index is 13.1. The molecule has 1 saturated heterocycles. The van der Waals surface area contributed by atoms with Crippen LogP contribution < -0.4 is 9.80 Å². The lowest BCUT2D eigenvalue weighted by molar-refractivity contribution is -0.146. The molecule has 0 spiro atoms. The Morgan fingerprint density at radius 3 is 2.58 bits per heavy atom. The van der Waals surface area contributed by atoms with Crippen LogP contribution in [0.15, 0.2) is 18.2 Å². The predicted molar refractivity (Wildman–Crippen MR) is 103 cm³/mol. The Hall–Kier alpha value is -3.46. The predicted octanol–water partition coefficient (Wildman–Crippen LogP) is 1.81. The molecule has 0 saturated carbocycles. The van der Waals surface area contributed by atoms with Gasteiger partial charge in [0.1, 0.15) is 17.7 Å². The molecule has 1 fully saturated rings. The minimum atomic E-state index is -4.64. The minimum Gasteiger partial charge on any atom is -0.376 e. The van der Waals surface area contributed by atoms with Gasteiger partial charge in [-0.15, -0.1) is 15.3 Å². The van der Waals surface area contributed by atoms with Crippen LogP contribution in [0.5, 0.6) is 0 Å². The SMILES string of the molecule is N#Cc1cc2c(nc1N1CCN(c3ccc4nnc(C(F)(F)F)n4n3)CC1)CCOC2. The van der Waals surface area contributed by atoms with Crippen LogP contribution in [0.2, 0.25) is 0 Å². The number of aromatic nitrogens is 5. The number of ether oxygens (including phenoxy) is 1. The molecule has 160 valence electrons. The molecule has 0 atom stereocenters. The van der Waals surface area contributed by atoms with Crippen molar-refractivity contribution in [2.45, 2.75) is 19.2 Å². The first-order valence-electron chi connectivity index (χ1n) is 9.74. The highest BCUT2D eigenvalue weighted by atomic mass is 19.4. The highest BCUT2D eigenvalue weighted by Gasteiger charge is 2.38. The topological polar surface area (TPSA) is 95.5 Å². The fourth-order valence-electron chi connectivity index (χ4n) is 3.87. The lowest BCUT2D eigenvalue weighted by Gasteiger charge is -2.36. The zero-order valence-electron chi connectivity index (χ0n) is 16.3. The van der Waals surface area contributed by atoms with Crippen LogP contribution in [-0.2, 0) is 23.9 Å². The summed E-state index contributed by atoms with van der Waals surface area (Å²) < 4.78 is 45.6. The van der Waals surface area contributed by atoms with Crippen LogP contribution in [-0.4, -0.2) is 57.6 Å². The summed E-state index contributed by atoms with van der Waals surface area (Å²) in [5.41, 5.74) is 2.42. The van der Waals surface area contributed by atoms with Gasteiger partial charge in [-0.2, -0.15) is 22.9 Å². The molecule has 0 aliphatic carbocycles. The van der Waals surface area contributed by atoms with Crippen molar-refractivity contribution in [3.05, 3.63) is 40.8 Å². The Balaban J connectivity index is 1.37. The summed E-state index contributed by atoms with van der Waals surface area (Å²) in [7, 11) is 0. The third kappa shape index (κ3) is 3.50. The molecule has 0 aromatic carbocycles. The summed E-state index contributed by atoms with van der Waals surface area (Å²) in [6.45, 7) is 3.23. The van der Waals surface area contributed by atoms with Crippen LogP contribution in [0.4, 0.5) is 24.8 Å². The monoisotopic (exact) mass is 430 g/mol. The molecule has 3 aromatic rings. The summed E-state index contributed by atoms with van der Waals surface area (Å²) >= 11 is 0. The van der Waals surface area contributed by atoms with Crippen molar-refractivity contribution in [3.63, 3.8) is 0 Å². The standard InChI is InChI=1S/C19H17F3N8O/c20-19(21,22)18-26-25-15-1-2-16(27-30(15)18)28-4-6-29(7-5-28)17-12(10-23)9-13-11-31-8-3-14(13)24-17/h1-2,9H,3-8,11H2. The maximum atomic E-state index is 13.1. The van der Waals surface area contributed by atoms with Gasteiger partial charge in [0.25, 0.3) is 5.82 Å². The molecular formula is C19H17F3N8O. The molecule has 0 amide bonds. The number of halogens is 3. The van der Waals surface area contributed by atoms with E-state index < -0.39 is 12.0 Å². The van der Waals surface area contributed by atoms with Crippen LogP contribution in [0.1, 0.15) is 22.6 Å². The number of nitrogens with zero attached hydrogens (tertiary/aromatic N) is 8. The number of nitriles is 1. The number of fused-ring (bicyclic) bond motifs is 2.